The van der Waals surface area contributed by atoms with E-state index in [2.05, 4.69) is 13.8 Å². The van der Waals surface area contributed by atoms with Gasteiger partial charge in [-0.15, -0.1) is 0 Å². The first-order valence-corrected chi connectivity index (χ1v) is 13.2. The third kappa shape index (κ3) is 4.86. The van der Waals surface area contributed by atoms with Crippen molar-refractivity contribution in [1.82, 2.24) is 4.90 Å². The van der Waals surface area contributed by atoms with Crippen molar-refractivity contribution in [3.05, 3.63) is 68.6 Å². The Morgan fingerprint density at radius 3 is 2.42 bits per heavy atom. The van der Waals surface area contributed by atoms with Crippen LogP contribution in [-0.2, 0) is 0 Å². The van der Waals surface area contributed by atoms with Crippen LogP contribution in [0.5, 0.6) is 11.5 Å². The Labute approximate surface area is 213 Å². The summed E-state index contributed by atoms with van der Waals surface area (Å²) in [5, 5.41) is 0.516. The minimum absolute atomic E-state index is 0.145. The average Bonchev–Trinajstić information content (AvgIpc) is 3.14. The predicted molar refractivity (Wildman–Crippen MR) is 142 cm³/mol. The van der Waals surface area contributed by atoms with Crippen LogP contribution in [0.2, 0.25) is 0 Å². The van der Waals surface area contributed by atoms with Crippen molar-refractivity contribution in [1.29, 1.82) is 0 Å². The summed E-state index contributed by atoms with van der Waals surface area (Å²) in [5.41, 5.74) is 3.41. The number of unbranched alkanes of at least 4 members (excludes halogenated alkanes) is 3. The average molecular weight is 492 g/mol. The van der Waals surface area contributed by atoms with Gasteiger partial charge in [-0.3, -0.25) is 9.59 Å². The molecule has 1 unspecified atom stereocenters. The summed E-state index contributed by atoms with van der Waals surface area (Å²) < 4.78 is 18.1. The van der Waals surface area contributed by atoms with E-state index in [1.807, 2.05) is 51.1 Å². The molecular formula is C30H37NO5. The lowest BCUT2D eigenvalue weighted by Gasteiger charge is -2.26. The highest BCUT2D eigenvalue weighted by atomic mass is 16.5. The number of aryl methyl sites for hydroxylation is 2. The quantitative estimate of drug-likeness (QED) is 0.278. The molecule has 36 heavy (non-hydrogen) atoms. The molecule has 0 aliphatic carbocycles. The number of carbonyl (C=O) groups excluding carboxylic acids is 1. The van der Waals surface area contributed by atoms with E-state index in [-0.39, 0.29) is 17.1 Å². The maximum atomic E-state index is 13.9. The van der Waals surface area contributed by atoms with Crippen LogP contribution in [0.25, 0.3) is 11.0 Å². The Kier molecular flexibility index (Phi) is 8.02. The van der Waals surface area contributed by atoms with E-state index in [0.29, 0.717) is 47.8 Å². The van der Waals surface area contributed by atoms with Gasteiger partial charge in [-0.1, -0.05) is 45.2 Å². The van der Waals surface area contributed by atoms with Crippen LogP contribution in [0.4, 0.5) is 0 Å². The molecule has 0 radical (unpaired) electrons. The van der Waals surface area contributed by atoms with Crippen LogP contribution in [0.15, 0.2) is 39.5 Å². The topological polar surface area (TPSA) is 69.0 Å². The predicted octanol–water partition coefficient (Wildman–Crippen LogP) is 6.72. The largest absolute Gasteiger partial charge is 0.490 e. The summed E-state index contributed by atoms with van der Waals surface area (Å²) in [5.74, 6) is 1.22. The third-order valence-corrected chi connectivity index (χ3v) is 6.74. The monoisotopic (exact) mass is 491 g/mol. The van der Waals surface area contributed by atoms with Crippen molar-refractivity contribution in [3.8, 4) is 11.5 Å². The molecule has 2 aromatic carbocycles. The van der Waals surface area contributed by atoms with Crippen LogP contribution in [0, 0.1) is 13.8 Å². The van der Waals surface area contributed by atoms with Gasteiger partial charge < -0.3 is 18.8 Å². The van der Waals surface area contributed by atoms with E-state index in [1.165, 1.54) is 0 Å². The second kappa shape index (κ2) is 11.2. The van der Waals surface area contributed by atoms with Gasteiger partial charge in [-0.25, -0.2) is 0 Å². The van der Waals surface area contributed by atoms with Gasteiger partial charge in [0.15, 0.2) is 16.9 Å². The molecule has 1 aliphatic rings. The number of hydrogen-bond acceptors (Lipinski definition) is 5. The summed E-state index contributed by atoms with van der Waals surface area (Å²) in [7, 11) is 0. The molecule has 4 rings (SSSR count). The van der Waals surface area contributed by atoms with Gasteiger partial charge in [0.2, 0.25) is 5.76 Å². The Morgan fingerprint density at radius 2 is 1.69 bits per heavy atom. The van der Waals surface area contributed by atoms with Crippen LogP contribution in [-0.4, -0.2) is 30.6 Å². The zero-order valence-electron chi connectivity index (χ0n) is 22.1. The molecule has 0 saturated heterocycles. The molecule has 0 saturated carbocycles. The SMILES string of the molecule is CCCCCOc1ccc(C2c3c(oc4c(C)cc(C)cc4c3=O)C(=O)N2CCCC)cc1OCC. The molecular weight excluding hydrogens is 454 g/mol. The summed E-state index contributed by atoms with van der Waals surface area (Å²) in [4.78, 5) is 29.2. The zero-order chi connectivity index (χ0) is 25.8. The van der Waals surface area contributed by atoms with Crippen LogP contribution < -0.4 is 14.9 Å². The highest BCUT2D eigenvalue weighted by molar-refractivity contribution is 5.99. The Morgan fingerprint density at radius 1 is 0.917 bits per heavy atom. The molecule has 1 atom stereocenters. The van der Waals surface area contributed by atoms with Crippen LogP contribution in [0.3, 0.4) is 0 Å². The molecule has 6 nitrogen and oxygen atoms in total. The minimum Gasteiger partial charge on any atom is -0.490 e. The number of fused-ring (bicyclic) bond motifs is 2. The number of ether oxygens (including phenoxy) is 2. The van der Waals surface area contributed by atoms with E-state index in [4.69, 9.17) is 13.9 Å². The van der Waals surface area contributed by atoms with Gasteiger partial charge in [0.1, 0.15) is 5.58 Å². The van der Waals surface area contributed by atoms with Gasteiger partial charge in [0.05, 0.1) is 30.2 Å². The van der Waals surface area contributed by atoms with E-state index in [0.717, 1.165) is 48.8 Å². The van der Waals surface area contributed by atoms with E-state index in [1.54, 1.807) is 4.90 Å². The zero-order valence-corrected chi connectivity index (χ0v) is 22.1. The van der Waals surface area contributed by atoms with Crippen molar-refractivity contribution in [3.63, 3.8) is 0 Å². The second-order valence-corrected chi connectivity index (χ2v) is 9.58. The molecule has 2 heterocycles. The van der Waals surface area contributed by atoms with Gasteiger partial charge in [0, 0.05) is 6.54 Å². The fraction of sp³-hybridized carbons (Fsp3) is 0.467. The standard InChI is InChI=1S/C30H37NO5/c1-6-9-11-15-35-23-13-12-21(18-24(23)34-8-3)26-25-27(32)22-17-19(4)16-20(5)28(22)36-29(25)30(33)31(26)14-10-7-2/h12-13,16-18,26H,6-11,14-15H2,1-5H3. The number of benzene rings is 2. The highest BCUT2D eigenvalue weighted by Crippen LogP contribution is 2.41. The molecule has 0 bridgehead atoms. The smallest absolute Gasteiger partial charge is 0.290 e. The number of rotatable bonds is 11. The van der Waals surface area contributed by atoms with Crippen molar-refractivity contribution in [2.24, 2.45) is 0 Å². The van der Waals surface area contributed by atoms with Crippen molar-refractivity contribution >= 4 is 16.9 Å². The maximum Gasteiger partial charge on any atom is 0.290 e. The molecule has 0 spiro atoms. The Balaban J connectivity index is 1.84. The van der Waals surface area contributed by atoms with Crippen LogP contribution in [0.1, 0.15) is 91.7 Å². The summed E-state index contributed by atoms with van der Waals surface area (Å²) in [6, 6.07) is 9.03. The number of nitrogens with zero attached hydrogens (tertiary/aromatic N) is 1. The second-order valence-electron chi connectivity index (χ2n) is 9.58. The number of amides is 1. The van der Waals surface area contributed by atoms with E-state index in [9.17, 15) is 9.59 Å². The highest BCUT2D eigenvalue weighted by Gasteiger charge is 2.42. The molecule has 6 heteroatoms. The molecule has 0 fully saturated rings. The Hall–Kier alpha value is -3.28. The van der Waals surface area contributed by atoms with E-state index >= 15 is 0 Å². The van der Waals surface area contributed by atoms with Crippen molar-refractivity contribution in [2.75, 3.05) is 19.8 Å². The lowest BCUT2D eigenvalue weighted by atomic mass is 9.97. The van der Waals surface area contributed by atoms with E-state index < -0.39 is 6.04 Å². The van der Waals surface area contributed by atoms with Gasteiger partial charge in [0.25, 0.3) is 5.91 Å². The first-order valence-electron chi connectivity index (χ1n) is 13.2. The summed E-state index contributed by atoms with van der Waals surface area (Å²) in [6.45, 7) is 11.7. The summed E-state index contributed by atoms with van der Waals surface area (Å²) in [6.07, 6.45) is 4.98. The number of carbonyl (C=O) groups is 1. The molecule has 1 amide bonds. The first-order chi connectivity index (χ1) is 17.4. The van der Waals surface area contributed by atoms with Crippen molar-refractivity contribution in [2.45, 2.75) is 72.8 Å². The lowest BCUT2D eigenvalue weighted by molar-refractivity contribution is 0.0725. The molecule has 192 valence electrons. The third-order valence-electron chi connectivity index (χ3n) is 6.74. The molecule has 1 aromatic heterocycles. The Bertz CT molecular complexity index is 1310. The lowest BCUT2D eigenvalue weighted by Crippen LogP contribution is -2.30. The molecule has 3 aromatic rings. The maximum absolute atomic E-state index is 13.9. The normalized spacial score (nSPS) is 15.0. The van der Waals surface area contributed by atoms with Crippen LogP contribution >= 0.6 is 0 Å². The fourth-order valence-corrected chi connectivity index (χ4v) is 5.00. The minimum atomic E-state index is -0.533. The fourth-order valence-electron chi connectivity index (χ4n) is 5.00. The number of hydrogen-bond donors (Lipinski definition) is 0. The summed E-state index contributed by atoms with van der Waals surface area (Å²) >= 11 is 0. The van der Waals surface area contributed by atoms with Gasteiger partial charge >= 0.3 is 0 Å². The van der Waals surface area contributed by atoms with Crippen molar-refractivity contribution < 1.29 is 18.7 Å². The van der Waals surface area contributed by atoms with Gasteiger partial charge in [-0.05, 0) is 68.5 Å². The molecule has 0 N–H and O–H groups in total. The van der Waals surface area contributed by atoms with Gasteiger partial charge in [-0.2, -0.15) is 0 Å². The first kappa shape index (κ1) is 25.8. The molecule has 1 aliphatic heterocycles.